The molecule has 7 heteroatoms. The number of rotatable bonds is 5. The molecule has 112 valence electrons. The number of benzene rings is 1. The van der Waals surface area contributed by atoms with Crippen LogP contribution in [0.4, 0.5) is 5.82 Å². The van der Waals surface area contributed by atoms with Gasteiger partial charge in [0.15, 0.2) is 11.5 Å². The fraction of sp³-hybridized carbons (Fsp3) is 0.200. The van der Waals surface area contributed by atoms with Gasteiger partial charge in [0.1, 0.15) is 5.82 Å². The van der Waals surface area contributed by atoms with Crippen LogP contribution < -0.4 is 10.6 Å². The van der Waals surface area contributed by atoms with Gasteiger partial charge >= 0.3 is 0 Å². The number of carbonyl (C=O) groups excluding carboxylic acids is 1. The first-order valence-corrected chi connectivity index (χ1v) is 7.00. The third kappa shape index (κ3) is 2.88. The van der Waals surface area contributed by atoms with Crippen LogP contribution in [0.5, 0.6) is 0 Å². The molecule has 0 aliphatic carbocycles. The monoisotopic (exact) mass is 296 g/mol. The van der Waals surface area contributed by atoms with Gasteiger partial charge in [0.05, 0.1) is 0 Å². The van der Waals surface area contributed by atoms with Gasteiger partial charge in [-0.1, -0.05) is 18.2 Å². The van der Waals surface area contributed by atoms with Crippen molar-refractivity contribution in [1.82, 2.24) is 25.1 Å². The number of fused-ring (bicyclic) bond motifs is 1. The van der Waals surface area contributed by atoms with Gasteiger partial charge in [-0.25, -0.2) is 0 Å². The molecule has 1 aromatic carbocycles. The fourth-order valence-corrected chi connectivity index (χ4v) is 2.10. The Kier molecular flexibility index (Phi) is 3.95. The number of hydrogen-bond donors (Lipinski definition) is 2. The van der Waals surface area contributed by atoms with Gasteiger partial charge in [-0.3, -0.25) is 4.79 Å². The predicted octanol–water partition coefficient (Wildman–Crippen LogP) is 1.14. The van der Waals surface area contributed by atoms with Crippen LogP contribution in [0, 0.1) is 0 Å². The zero-order chi connectivity index (χ0) is 15.4. The molecule has 0 aliphatic heterocycles. The lowest BCUT2D eigenvalue weighted by molar-refractivity contribution is 0.0954. The van der Waals surface area contributed by atoms with Crippen LogP contribution >= 0.6 is 0 Å². The van der Waals surface area contributed by atoms with Crippen LogP contribution in [0.2, 0.25) is 0 Å². The van der Waals surface area contributed by atoms with E-state index in [-0.39, 0.29) is 5.91 Å². The molecule has 0 saturated heterocycles. The molecule has 0 aliphatic rings. The quantitative estimate of drug-likeness (QED) is 0.737. The van der Waals surface area contributed by atoms with Crippen molar-refractivity contribution in [2.45, 2.75) is 6.42 Å². The molecule has 7 nitrogen and oxygen atoms in total. The number of nitrogens with one attached hydrogen (secondary N) is 2. The molecule has 22 heavy (non-hydrogen) atoms. The summed E-state index contributed by atoms with van der Waals surface area (Å²) in [7, 11) is 1.80. The van der Waals surface area contributed by atoms with Gasteiger partial charge in [0, 0.05) is 25.6 Å². The van der Waals surface area contributed by atoms with Crippen LogP contribution in [0.25, 0.3) is 5.65 Å². The highest BCUT2D eigenvalue weighted by atomic mass is 16.1. The third-order valence-corrected chi connectivity index (χ3v) is 3.25. The Bertz CT molecular complexity index is 783. The van der Waals surface area contributed by atoms with Gasteiger partial charge in [0.2, 0.25) is 0 Å². The van der Waals surface area contributed by atoms with Crippen molar-refractivity contribution in [2.75, 3.05) is 18.9 Å². The molecular weight excluding hydrogens is 280 g/mol. The highest BCUT2D eigenvalue weighted by molar-refractivity contribution is 5.94. The van der Waals surface area contributed by atoms with Gasteiger partial charge < -0.3 is 10.6 Å². The van der Waals surface area contributed by atoms with Crippen molar-refractivity contribution in [2.24, 2.45) is 0 Å². The zero-order valence-electron chi connectivity index (χ0n) is 12.2. The second-order valence-electron chi connectivity index (χ2n) is 4.73. The lowest BCUT2D eigenvalue weighted by atomic mass is 10.2. The number of hydrogen-bond acceptors (Lipinski definition) is 5. The molecule has 0 saturated carbocycles. The first-order chi connectivity index (χ1) is 10.8. The number of nitrogens with zero attached hydrogens (tertiary/aromatic N) is 4. The van der Waals surface area contributed by atoms with Gasteiger partial charge in [0.25, 0.3) is 5.91 Å². The summed E-state index contributed by atoms with van der Waals surface area (Å²) in [5, 5.41) is 18.4. The first kappa shape index (κ1) is 14.0. The van der Waals surface area contributed by atoms with E-state index in [4.69, 9.17) is 0 Å². The van der Waals surface area contributed by atoms with E-state index in [1.54, 1.807) is 23.7 Å². The van der Waals surface area contributed by atoms with E-state index in [1.165, 1.54) is 0 Å². The Balaban J connectivity index is 1.65. The summed E-state index contributed by atoms with van der Waals surface area (Å²) in [6, 6.07) is 12.8. The highest BCUT2D eigenvalue weighted by Gasteiger charge is 2.09. The van der Waals surface area contributed by atoms with Crippen LogP contribution in [0.15, 0.2) is 42.5 Å². The molecule has 2 aromatic heterocycles. The normalized spacial score (nSPS) is 10.6. The molecule has 3 aromatic rings. The molecule has 0 radical (unpaired) electrons. The Morgan fingerprint density at radius 3 is 2.73 bits per heavy atom. The Hall–Kier alpha value is -2.96. The number of amides is 1. The molecular formula is C15H16N6O. The van der Waals surface area contributed by atoms with Crippen LogP contribution in [-0.2, 0) is 6.42 Å². The average Bonchev–Trinajstić information content (AvgIpc) is 2.98. The van der Waals surface area contributed by atoms with E-state index >= 15 is 0 Å². The molecule has 3 rings (SSSR count). The van der Waals surface area contributed by atoms with Gasteiger partial charge in [-0.05, 0) is 24.3 Å². The Labute approximate surface area is 127 Å². The van der Waals surface area contributed by atoms with Crippen LogP contribution in [0.3, 0.4) is 0 Å². The second kappa shape index (κ2) is 6.21. The molecule has 2 heterocycles. The summed E-state index contributed by atoms with van der Waals surface area (Å²) < 4.78 is 1.68. The maximum Gasteiger partial charge on any atom is 0.251 e. The van der Waals surface area contributed by atoms with Crippen LogP contribution in [-0.4, -0.2) is 39.3 Å². The highest BCUT2D eigenvalue weighted by Crippen LogP contribution is 2.06. The Morgan fingerprint density at radius 1 is 1.14 bits per heavy atom. The van der Waals surface area contributed by atoms with Crippen molar-refractivity contribution < 1.29 is 4.79 Å². The standard InChI is InChI=1S/C15H16N6O/c1-16-12-7-8-13-18-19-14(21(13)20-12)9-10-17-15(22)11-5-3-2-4-6-11/h2-8H,9-10H2,1H3,(H,16,20)(H,17,22). The van der Waals surface area contributed by atoms with E-state index in [2.05, 4.69) is 25.9 Å². The molecule has 0 spiro atoms. The summed E-state index contributed by atoms with van der Waals surface area (Å²) in [6.45, 7) is 0.472. The lowest BCUT2D eigenvalue weighted by Crippen LogP contribution is -2.26. The molecule has 1 amide bonds. The molecule has 0 fully saturated rings. The van der Waals surface area contributed by atoms with Crippen LogP contribution in [0.1, 0.15) is 16.2 Å². The molecule has 0 atom stereocenters. The number of carbonyl (C=O) groups is 1. The van der Waals surface area contributed by atoms with E-state index in [0.717, 1.165) is 5.82 Å². The van der Waals surface area contributed by atoms with Gasteiger partial charge in [-0.15, -0.1) is 15.3 Å². The maximum atomic E-state index is 12.0. The lowest BCUT2D eigenvalue weighted by Gasteiger charge is -2.05. The third-order valence-electron chi connectivity index (χ3n) is 3.25. The SMILES string of the molecule is CNc1ccc2nnc(CCNC(=O)c3ccccc3)n2n1. The summed E-state index contributed by atoms with van der Waals surface area (Å²) >= 11 is 0. The van der Waals surface area contributed by atoms with E-state index in [9.17, 15) is 4.79 Å². The summed E-state index contributed by atoms with van der Waals surface area (Å²) in [5.41, 5.74) is 1.33. The summed E-state index contributed by atoms with van der Waals surface area (Å²) in [5.74, 6) is 1.35. The minimum Gasteiger partial charge on any atom is -0.372 e. The molecule has 0 unspecified atom stereocenters. The van der Waals surface area contributed by atoms with Crippen molar-refractivity contribution >= 4 is 17.4 Å². The summed E-state index contributed by atoms with van der Waals surface area (Å²) in [4.78, 5) is 12.0. The van der Waals surface area contributed by atoms with Crippen molar-refractivity contribution in [3.05, 3.63) is 53.9 Å². The smallest absolute Gasteiger partial charge is 0.251 e. The Morgan fingerprint density at radius 2 is 1.95 bits per heavy atom. The maximum absolute atomic E-state index is 12.0. The van der Waals surface area contributed by atoms with E-state index in [0.29, 0.717) is 30.0 Å². The largest absolute Gasteiger partial charge is 0.372 e. The van der Waals surface area contributed by atoms with Crippen molar-refractivity contribution in [1.29, 1.82) is 0 Å². The summed E-state index contributed by atoms with van der Waals surface area (Å²) in [6.07, 6.45) is 0.555. The molecule has 2 N–H and O–H groups in total. The minimum atomic E-state index is -0.0988. The van der Waals surface area contributed by atoms with E-state index < -0.39 is 0 Å². The van der Waals surface area contributed by atoms with E-state index in [1.807, 2.05) is 30.3 Å². The van der Waals surface area contributed by atoms with Crippen molar-refractivity contribution in [3.8, 4) is 0 Å². The van der Waals surface area contributed by atoms with Crippen molar-refractivity contribution in [3.63, 3.8) is 0 Å². The number of aromatic nitrogens is 4. The zero-order valence-corrected chi connectivity index (χ0v) is 12.2. The molecule has 0 bridgehead atoms. The average molecular weight is 296 g/mol. The fourth-order valence-electron chi connectivity index (χ4n) is 2.10. The first-order valence-electron chi connectivity index (χ1n) is 7.00. The van der Waals surface area contributed by atoms with Gasteiger partial charge in [-0.2, -0.15) is 4.52 Å². The minimum absolute atomic E-state index is 0.0988. The predicted molar refractivity (Wildman–Crippen MR) is 82.8 cm³/mol. The number of anilines is 1. The topological polar surface area (TPSA) is 84.2 Å². The second-order valence-corrected chi connectivity index (χ2v) is 4.73.